The highest BCUT2D eigenvalue weighted by atomic mass is 79.9. The van der Waals surface area contributed by atoms with E-state index in [4.69, 9.17) is 9.15 Å². The summed E-state index contributed by atoms with van der Waals surface area (Å²) in [5.41, 5.74) is 2.02. The van der Waals surface area contributed by atoms with E-state index in [2.05, 4.69) is 31.6 Å². The van der Waals surface area contributed by atoms with Crippen molar-refractivity contribution in [3.05, 3.63) is 75.1 Å². The minimum absolute atomic E-state index is 0.0680. The lowest BCUT2D eigenvalue weighted by Crippen LogP contribution is -2.22. The average molecular weight is 644 g/mol. The van der Waals surface area contributed by atoms with E-state index >= 15 is 0 Å². The van der Waals surface area contributed by atoms with Crippen molar-refractivity contribution >= 4 is 54.4 Å². The van der Waals surface area contributed by atoms with Gasteiger partial charge in [0.15, 0.2) is 5.43 Å². The highest BCUT2D eigenvalue weighted by Crippen LogP contribution is 2.39. The zero-order chi connectivity index (χ0) is 27.7. The van der Waals surface area contributed by atoms with E-state index in [0.29, 0.717) is 42.8 Å². The molecule has 0 saturated carbocycles. The standard InChI is InChI=1S/C29H31BrN4O4S2/c30-21-8-11-27-25(16-21)26(35)17-28(38-27)20-6-9-23(10-7-20)37-14-3-13-34-19-22(32-33-34)18-31-29(36)5-2-1-4-24-12-15-39-40-24/h6-11,16-17,19,24H,1-5,12-15,18H2,(H,31,36). The molecule has 1 unspecified atom stereocenters. The van der Waals surface area contributed by atoms with Crippen LogP contribution in [0.1, 0.15) is 44.2 Å². The molecule has 1 fully saturated rings. The smallest absolute Gasteiger partial charge is 0.220 e. The Morgan fingerprint density at radius 2 is 2.02 bits per heavy atom. The van der Waals surface area contributed by atoms with Gasteiger partial charge >= 0.3 is 0 Å². The van der Waals surface area contributed by atoms with Crippen molar-refractivity contribution < 1.29 is 13.9 Å². The van der Waals surface area contributed by atoms with E-state index in [0.717, 1.165) is 46.0 Å². The van der Waals surface area contributed by atoms with Gasteiger partial charge in [-0.05, 0) is 61.7 Å². The van der Waals surface area contributed by atoms with Crippen LogP contribution < -0.4 is 15.5 Å². The number of aryl methyl sites for hydroxylation is 1. The third-order valence-corrected chi connectivity index (χ3v) is 10.1. The zero-order valence-corrected chi connectivity index (χ0v) is 25.2. The quantitative estimate of drug-likeness (QED) is 0.128. The van der Waals surface area contributed by atoms with Crippen LogP contribution in [0, 0.1) is 0 Å². The summed E-state index contributed by atoms with van der Waals surface area (Å²) in [6.45, 7) is 1.57. The van der Waals surface area contributed by atoms with Crippen molar-refractivity contribution in [2.75, 3.05) is 12.4 Å². The SMILES string of the molecule is O=C(CCCCC1CCSS1)NCc1cn(CCCOc2ccc(-c3cc(=O)c4cc(Br)ccc4o3)cc2)nn1. The Bertz CT molecular complexity index is 1490. The highest BCUT2D eigenvalue weighted by Gasteiger charge is 2.16. The molecule has 1 amide bonds. The normalized spacial score (nSPS) is 15.0. The first-order chi connectivity index (χ1) is 19.5. The van der Waals surface area contributed by atoms with Crippen molar-refractivity contribution in [2.24, 2.45) is 0 Å². The number of halogens is 1. The molecule has 1 aliphatic rings. The summed E-state index contributed by atoms with van der Waals surface area (Å²) in [4.78, 5) is 24.6. The minimum atomic E-state index is -0.0833. The number of aromatic nitrogens is 3. The number of carbonyl (C=O) groups is 1. The van der Waals surface area contributed by atoms with E-state index < -0.39 is 0 Å². The molecule has 1 aliphatic heterocycles. The van der Waals surface area contributed by atoms with Gasteiger partial charge in [0.05, 0.1) is 24.7 Å². The number of nitrogens with one attached hydrogen (secondary N) is 1. The first-order valence-electron chi connectivity index (χ1n) is 13.4. The molecule has 4 aromatic rings. The van der Waals surface area contributed by atoms with Gasteiger partial charge in [0, 0.05) is 46.5 Å². The summed E-state index contributed by atoms with van der Waals surface area (Å²) in [5, 5.41) is 12.6. The Balaban J connectivity index is 1.00. The number of carbonyl (C=O) groups excluding carboxylic acids is 1. The summed E-state index contributed by atoms with van der Waals surface area (Å²) in [6, 6.07) is 14.4. The molecule has 11 heteroatoms. The van der Waals surface area contributed by atoms with Crippen LogP contribution in [0.2, 0.25) is 0 Å². The van der Waals surface area contributed by atoms with Gasteiger partial charge < -0.3 is 14.5 Å². The Kier molecular flexibility index (Phi) is 10.2. The van der Waals surface area contributed by atoms with Crippen molar-refractivity contribution in [2.45, 2.75) is 56.9 Å². The molecule has 2 aromatic carbocycles. The second kappa shape index (κ2) is 14.2. The van der Waals surface area contributed by atoms with Crippen molar-refractivity contribution in [1.29, 1.82) is 0 Å². The zero-order valence-electron chi connectivity index (χ0n) is 22.0. The summed E-state index contributed by atoms with van der Waals surface area (Å²) >= 11 is 3.39. The van der Waals surface area contributed by atoms with Gasteiger partial charge in [0.2, 0.25) is 5.91 Å². The molecule has 0 radical (unpaired) electrons. The second-order valence-electron chi connectivity index (χ2n) is 9.67. The van der Waals surface area contributed by atoms with Crippen LogP contribution in [0.5, 0.6) is 5.75 Å². The Labute approximate surface area is 249 Å². The molecule has 40 heavy (non-hydrogen) atoms. The van der Waals surface area contributed by atoms with E-state index in [1.54, 1.807) is 16.8 Å². The Morgan fingerprint density at radius 3 is 2.85 bits per heavy atom. The number of hydrogen-bond acceptors (Lipinski definition) is 8. The highest BCUT2D eigenvalue weighted by molar-refractivity contribution is 9.10. The summed E-state index contributed by atoms with van der Waals surface area (Å²) < 4.78 is 14.4. The summed E-state index contributed by atoms with van der Waals surface area (Å²) in [7, 11) is 3.96. The fourth-order valence-electron chi connectivity index (χ4n) is 4.43. The van der Waals surface area contributed by atoms with Gasteiger partial charge in [0.1, 0.15) is 22.8 Å². The molecule has 8 nitrogen and oxygen atoms in total. The number of hydrogen-bond donors (Lipinski definition) is 1. The molecule has 1 N–H and O–H groups in total. The maximum atomic E-state index is 12.5. The molecule has 0 spiro atoms. The number of rotatable bonds is 13. The third-order valence-electron chi connectivity index (χ3n) is 6.59. The summed E-state index contributed by atoms with van der Waals surface area (Å²) in [5.74, 6) is 2.58. The van der Waals surface area contributed by atoms with E-state index in [1.165, 1.54) is 24.7 Å². The molecule has 0 aliphatic carbocycles. The average Bonchev–Trinajstić information content (AvgIpc) is 3.65. The molecule has 210 valence electrons. The van der Waals surface area contributed by atoms with Gasteiger partial charge in [-0.2, -0.15) is 0 Å². The van der Waals surface area contributed by atoms with Crippen LogP contribution in [-0.4, -0.2) is 38.5 Å². The lowest BCUT2D eigenvalue weighted by Gasteiger charge is -2.08. The van der Waals surface area contributed by atoms with Gasteiger partial charge in [-0.15, -0.1) is 5.10 Å². The molecular formula is C29H31BrN4O4S2. The maximum absolute atomic E-state index is 12.5. The van der Waals surface area contributed by atoms with Crippen molar-refractivity contribution in [3.8, 4) is 17.1 Å². The number of ether oxygens (including phenoxy) is 1. The lowest BCUT2D eigenvalue weighted by molar-refractivity contribution is -0.121. The van der Waals surface area contributed by atoms with E-state index in [1.807, 2.05) is 58.1 Å². The van der Waals surface area contributed by atoms with Gasteiger partial charge in [-0.25, -0.2) is 0 Å². The van der Waals surface area contributed by atoms with E-state index in [-0.39, 0.29) is 11.3 Å². The number of benzene rings is 2. The largest absolute Gasteiger partial charge is 0.494 e. The predicted molar refractivity (Wildman–Crippen MR) is 165 cm³/mol. The molecular weight excluding hydrogens is 612 g/mol. The van der Waals surface area contributed by atoms with Crippen LogP contribution in [0.15, 0.2) is 68.4 Å². The molecule has 2 aromatic heterocycles. The molecule has 5 rings (SSSR count). The van der Waals surface area contributed by atoms with E-state index in [9.17, 15) is 9.59 Å². The lowest BCUT2D eigenvalue weighted by atomic mass is 10.1. The minimum Gasteiger partial charge on any atom is -0.494 e. The first kappa shape index (κ1) is 28.8. The maximum Gasteiger partial charge on any atom is 0.220 e. The first-order valence-corrected chi connectivity index (χ1v) is 16.6. The van der Waals surface area contributed by atoms with Crippen LogP contribution >= 0.6 is 37.5 Å². The Morgan fingerprint density at radius 1 is 1.15 bits per heavy atom. The van der Waals surface area contributed by atoms with Crippen LogP contribution in [0.25, 0.3) is 22.3 Å². The number of fused-ring (bicyclic) bond motifs is 1. The Hall–Kier alpha value is -2.76. The molecule has 0 bridgehead atoms. The molecule has 1 saturated heterocycles. The van der Waals surface area contributed by atoms with Gasteiger partial charge in [-0.1, -0.05) is 49.2 Å². The predicted octanol–water partition coefficient (Wildman–Crippen LogP) is 6.61. The molecule has 3 heterocycles. The van der Waals surface area contributed by atoms with Gasteiger partial charge in [-0.3, -0.25) is 14.3 Å². The fraction of sp³-hybridized carbons (Fsp3) is 0.379. The van der Waals surface area contributed by atoms with Crippen molar-refractivity contribution in [1.82, 2.24) is 20.3 Å². The fourth-order valence-corrected chi connectivity index (χ4v) is 7.82. The monoisotopic (exact) mass is 642 g/mol. The number of nitrogens with zero attached hydrogens (tertiary/aromatic N) is 3. The van der Waals surface area contributed by atoms with Crippen molar-refractivity contribution in [3.63, 3.8) is 0 Å². The third kappa shape index (κ3) is 8.14. The van der Waals surface area contributed by atoms with Crippen LogP contribution in [0.4, 0.5) is 0 Å². The number of amides is 1. The van der Waals surface area contributed by atoms with Gasteiger partial charge in [0.25, 0.3) is 0 Å². The van der Waals surface area contributed by atoms with Crippen LogP contribution in [-0.2, 0) is 17.9 Å². The second-order valence-corrected chi connectivity index (χ2v) is 13.4. The molecule has 1 atom stereocenters. The summed E-state index contributed by atoms with van der Waals surface area (Å²) in [6.07, 6.45) is 7.72. The number of unbranched alkanes of at least 4 members (excludes halogenated alkanes) is 1. The van der Waals surface area contributed by atoms with Crippen LogP contribution in [0.3, 0.4) is 0 Å². The topological polar surface area (TPSA) is 99.2 Å².